The van der Waals surface area contributed by atoms with E-state index < -0.39 is 17.6 Å². The molecule has 13 heavy (non-hydrogen) atoms. The van der Waals surface area contributed by atoms with E-state index in [0.717, 1.165) is 0 Å². The number of cyclic esters (lactones) is 1. The molecular formula is C7H10N2O4. The molecule has 2 heterocycles. The van der Waals surface area contributed by atoms with Crippen LogP contribution in [-0.2, 0) is 9.53 Å². The molecule has 72 valence electrons. The van der Waals surface area contributed by atoms with Gasteiger partial charge in [-0.2, -0.15) is 0 Å². The Balaban J connectivity index is 2.12. The van der Waals surface area contributed by atoms with E-state index in [0.29, 0.717) is 19.7 Å². The molecule has 6 heteroatoms. The number of carbonyl (C=O) groups is 2. The highest BCUT2D eigenvalue weighted by atomic mass is 16.6. The maximum atomic E-state index is 11.1. The zero-order chi connectivity index (χ0) is 9.47. The van der Waals surface area contributed by atoms with Crippen molar-refractivity contribution < 1.29 is 19.4 Å². The first kappa shape index (κ1) is 8.31. The van der Waals surface area contributed by atoms with Crippen LogP contribution in [0.4, 0.5) is 4.79 Å². The summed E-state index contributed by atoms with van der Waals surface area (Å²) in [7, 11) is 0. The predicted molar refractivity (Wildman–Crippen MR) is 41.3 cm³/mol. The van der Waals surface area contributed by atoms with Crippen LogP contribution >= 0.6 is 0 Å². The zero-order valence-electron chi connectivity index (χ0n) is 6.95. The molecule has 2 rings (SSSR count). The second-order valence-corrected chi connectivity index (χ2v) is 3.36. The minimum Gasteiger partial charge on any atom is -0.480 e. The minimum absolute atomic E-state index is 0.277. The van der Waals surface area contributed by atoms with Crippen LogP contribution in [0.5, 0.6) is 0 Å². The molecule has 0 unspecified atom stereocenters. The smallest absolute Gasteiger partial charge is 0.411 e. The number of rotatable bonds is 2. The normalized spacial score (nSPS) is 24.3. The van der Waals surface area contributed by atoms with E-state index >= 15 is 0 Å². The van der Waals surface area contributed by atoms with Crippen molar-refractivity contribution in [1.82, 2.24) is 10.2 Å². The molecule has 0 aliphatic carbocycles. The predicted octanol–water partition coefficient (Wildman–Crippen LogP) is -1.13. The molecule has 0 aromatic carbocycles. The number of carboxylic acid groups (broad SMARTS) is 1. The molecule has 0 saturated carbocycles. The third kappa shape index (κ3) is 1.14. The van der Waals surface area contributed by atoms with Crippen molar-refractivity contribution in [3.8, 4) is 0 Å². The molecule has 2 fully saturated rings. The number of amides is 1. The summed E-state index contributed by atoms with van der Waals surface area (Å²) in [6, 6.07) is 0. The van der Waals surface area contributed by atoms with Gasteiger partial charge in [-0.1, -0.05) is 0 Å². The summed E-state index contributed by atoms with van der Waals surface area (Å²) in [5, 5.41) is 11.6. The number of hydrogen-bond acceptors (Lipinski definition) is 4. The molecule has 2 aliphatic rings. The second kappa shape index (κ2) is 2.59. The van der Waals surface area contributed by atoms with Crippen molar-refractivity contribution in [1.29, 1.82) is 0 Å². The van der Waals surface area contributed by atoms with Gasteiger partial charge in [-0.05, 0) is 0 Å². The Morgan fingerprint density at radius 1 is 1.69 bits per heavy atom. The lowest BCUT2D eigenvalue weighted by atomic mass is 9.92. The fourth-order valence-electron chi connectivity index (χ4n) is 1.62. The Labute approximate surface area is 74.5 Å². The second-order valence-electron chi connectivity index (χ2n) is 3.36. The number of aliphatic carboxylic acids is 1. The number of ether oxygens (including phenoxy) is 1. The maximum absolute atomic E-state index is 11.1. The monoisotopic (exact) mass is 186 g/mol. The summed E-state index contributed by atoms with van der Waals surface area (Å²) in [5.41, 5.74) is -0.393. The zero-order valence-corrected chi connectivity index (χ0v) is 6.95. The van der Waals surface area contributed by atoms with E-state index in [2.05, 4.69) is 5.32 Å². The van der Waals surface area contributed by atoms with E-state index in [1.54, 1.807) is 0 Å². The van der Waals surface area contributed by atoms with Crippen LogP contribution in [0.3, 0.4) is 0 Å². The third-order valence-electron chi connectivity index (χ3n) is 2.46. The Hall–Kier alpha value is -1.30. The van der Waals surface area contributed by atoms with Crippen LogP contribution in [0.1, 0.15) is 0 Å². The van der Waals surface area contributed by atoms with Crippen LogP contribution in [-0.4, -0.2) is 53.8 Å². The van der Waals surface area contributed by atoms with Gasteiger partial charge in [-0.15, -0.1) is 0 Å². The van der Waals surface area contributed by atoms with Crippen molar-refractivity contribution in [3.05, 3.63) is 0 Å². The van der Waals surface area contributed by atoms with Crippen molar-refractivity contribution in [2.75, 3.05) is 26.2 Å². The van der Waals surface area contributed by atoms with Gasteiger partial charge in [0.15, 0.2) is 0 Å². The lowest BCUT2D eigenvalue weighted by Gasteiger charge is -2.42. The Morgan fingerprint density at radius 3 is 2.85 bits per heavy atom. The van der Waals surface area contributed by atoms with Crippen LogP contribution in [0, 0.1) is 0 Å². The Bertz CT molecular complexity index is 261. The van der Waals surface area contributed by atoms with Gasteiger partial charge in [0.2, 0.25) is 0 Å². The number of carbonyl (C=O) groups excluding carboxylic acids is 1. The number of nitrogens with one attached hydrogen (secondary N) is 1. The Morgan fingerprint density at radius 2 is 2.38 bits per heavy atom. The van der Waals surface area contributed by atoms with Crippen LogP contribution < -0.4 is 5.32 Å². The van der Waals surface area contributed by atoms with E-state index in [9.17, 15) is 9.59 Å². The first-order valence-corrected chi connectivity index (χ1v) is 4.01. The molecular weight excluding hydrogens is 176 g/mol. The molecule has 2 saturated heterocycles. The van der Waals surface area contributed by atoms with Crippen LogP contribution in [0.25, 0.3) is 0 Å². The lowest BCUT2D eigenvalue weighted by molar-refractivity contribution is -0.138. The highest BCUT2D eigenvalue weighted by Crippen LogP contribution is 2.27. The molecule has 0 radical (unpaired) electrons. The van der Waals surface area contributed by atoms with E-state index in [-0.39, 0.29) is 6.54 Å². The van der Waals surface area contributed by atoms with Gasteiger partial charge in [0.1, 0.15) is 18.7 Å². The molecule has 2 N–H and O–H groups in total. The highest BCUT2D eigenvalue weighted by molar-refractivity contribution is 5.79. The summed E-state index contributed by atoms with van der Waals surface area (Å²) in [6.45, 7) is 1.25. The topological polar surface area (TPSA) is 78.9 Å². The fourth-order valence-corrected chi connectivity index (χ4v) is 1.62. The number of hydrogen-bond donors (Lipinski definition) is 2. The van der Waals surface area contributed by atoms with Gasteiger partial charge in [-0.25, -0.2) is 4.79 Å². The average Bonchev–Trinajstić information content (AvgIpc) is 2.27. The SMILES string of the molecule is O=C(O)CN1C(=O)OCC12CNC2. The van der Waals surface area contributed by atoms with Gasteiger partial charge < -0.3 is 15.2 Å². The molecule has 0 bridgehead atoms. The molecule has 2 aliphatic heterocycles. The highest BCUT2D eigenvalue weighted by Gasteiger charge is 2.52. The van der Waals surface area contributed by atoms with Crippen molar-refractivity contribution >= 4 is 12.1 Å². The standard InChI is InChI=1S/C7H10N2O4/c10-5(11)1-9-6(12)13-4-7(9)2-8-3-7/h8H,1-4H2,(H,10,11). The van der Waals surface area contributed by atoms with E-state index in [4.69, 9.17) is 9.84 Å². The maximum Gasteiger partial charge on any atom is 0.411 e. The molecule has 0 aromatic heterocycles. The fraction of sp³-hybridized carbons (Fsp3) is 0.714. The molecule has 1 spiro atoms. The van der Waals surface area contributed by atoms with E-state index in [1.165, 1.54) is 4.90 Å². The first-order valence-electron chi connectivity index (χ1n) is 4.01. The summed E-state index contributed by atoms with van der Waals surface area (Å²) in [4.78, 5) is 22.9. The Kier molecular flexibility index (Phi) is 1.66. The summed E-state index contributed by atoms with van der Waals surface area (Å²) >= 11 is 0. The van der Waals surface area contributed by atoms with E-state index in [1.807, 2.05) is 0 Å². The lowest BCUT2D eigenvalue weighted by Crippen LogP contribution is -2.68. The van der Waals surface area contributed by atoms with Gasteiger partial charge in [0.25, 0.3) is 0 Å². The number of carboxylic acids is 1. The van der Waals surface area contributed by atoms with Gasteiger partial charge in [-0.3, -0.25) is 9.69 Å². The summed E-state index contributed by atoms with van der Waals surface area (Å²) in [5.74, 6) is -1.01. The van der Waals surface area contributed by atoms with Crippen molar-refractivity contribution in [3.63, 3.8) is 0 Å². The first-order chi connectivity index (χ1) is 6.14. The van der Waals surface area contributed by atoms with Crippen molar-refractivity contribution in [2.24, 2.45) is 0 Å². The minimum atomic E-state index is -1.01. The molecule has 0 aromatic rings. The summed E-state index contributed by atoms with van der Waals surface area (Å²) in [6.07, 6.45) is -0.524. The number of nitrogens with zero attached hydrogens (tertiary/aromatic N) is 1. The molecule has 1 amide bonds. The van der Waals surface area contributed by atoms with Crippen LogP contribution in [0.15, 0.2) is 0 Å². The summed E-state index contributed by atoms with van der Waals surface area (Å²) < 4.78 is 4.81. The largest absolute Gasteiger partial charge is 0.480 e. The van der Waals surface area contributed by atoms with Crippen LogP contribution in [0.2, 0.25) is 0 Å². The molecule has 0 atom stereocenters. The van der Waals surface area contributed by atoms with Crippen molar-refractivity contribution in [2.45, 2.75) is 5.54 Å². The third-order valence-corrected chi connectivity index (χ3v) is 2.46. The van der Waals surface area contributed by atoms with Gasteiger partial charge >= 0.3 is 12.1 Å². The van der Waals surface area contributed by atoms with Gasteiger partial charge in [0, 0.05) is 13.1 Å². The van der Waals surface area contributed by atoms with Gasteiger partial charge in [0.05, 0.1) is 0 Å². The molecule has 6 nitrogen and oxygen atoms in total. The average molecular weight is 186 g/mol. The quantitative estimate of drug-likeness (QED) is 0.570.